The minimum atomic E-state index is 0.238. The van der Waals surface area contributed by atoms with Gasteiger partial charge in [-0.3, -0.25) is 0 Å². The number of likely N-dealkylation sites (N-methyl/N-ethyl adjacent to an activating group) is 2. The molecule has 0 bridgehead atoms. The molecule has 0 aromatic carbocycles. The summed E-state index contributed by atoms with van der Waals surface area (Å²) in [7, 11) is 8.25. The molecule has 2 unspecified atom stereocenters. The second-order valence-corrected chi connectivity index (χ2v) is 5.23. The summed E-state index contributed by atoms with van der Waals surface area (Å²) < 4.78 is 5.21. The molecule has 0 heterocycles. The molecule has 0 aromatic heterocycles. The summed E-state index contributed by atoms with van der Waals surface area (Å²) >= 11 is 0. The highest BCUT2D eigenvalue weighted by Crippen LogP contribution is 2.31. The van der Waals surface area contributed by atoms with Gasteiger partial charge in [-0.25, -0.2) is 0 Å². The quantitative estimate of drug-likeness (QED) is 0.674. The fourth-order valence-corrected chi connectivity index (χ4v) is 3.15. The van der Waals surface area contributed by atoms with Crippen LogP contribution in [0.25, 0.3) is 0 Å². The number of rotatable bonds is 9. The lowest BCUT2D eigenvalue weighted by molar-refractivity contribution is 0.0566. The van der Waals surface area contributed by atoms with Crippen molar-refractivity contribution in [2.75, 3.05) is 34.9 Å². The molecule has 3 heteroatoms. The predicted octanol–water partition coefficient (Wildman–Crippen LogP) is 2.37. The van der Waals surface area contributed by atoms with Crippen LogP contribution < -0.4 is 5.32 Å². The van der Waals surface area contributed by atoms with E-state index in [2.05, 4.69) is 52.1 Å². The van der Waals surface area contributed by atoms with Crippen LogP contribution in [0.1, 0.15) is 40.0 Å². The van der Waals surface area contributed by atoms with Crippen LogP contribution in [0.4, 0.5) is 0 Å². The highest BCUT2D eigenvalue weighted by Gasteiger charge is 2.39. The Morgan fingerprint density at radius 1 is 1.24 bits per heavy atom. The van der Waals surface area contributed by atoms with Gasteiger partial charge >= 0.3 is 0 Å². The third kappa shape index (κ3) is 3.94. The van der Waals surface area contributed by atoms with Crippen LogP contribution in [-0.4, -0.2) is 51.3 Å². The van der Waals surface area contributed by atoms with E-state index < -0.39 is 0 Å². The minimum absolute atomic E-state index is 0.238. The fraction of sp³-hybridized carbons (Fsp3) is 1.00. The van der Waals surface area contributed by atoms with Gasteiger partial charge in [0.2, 0.25) is 0 Å². The van der Waals surface area contributed by atoms with Gasteiger partial charge in [0.15, 0.2) is 0 Å². The van der Waals surface area contributed by atoms with E-state index in [1.165, 1.54) is 12.8 Å². The van der Waals surface area contributed by atoms with Crippen molar-refractivity contribution in [3.05, 3.63) is 0 Å². The zero-order valence-electron chi connectivity index (χ0n) is 12.8. The first-order chi connectivity index (χ1) is 7.99. The molecule has 1 N–H and O–H groups in total. The molecule has 0 radical (unpaired) electrons. The number of methoxy groups -OCH3 is 1. The predicted molar refractivity (Wildman–Crippen MR) is 75.5 cm³/mol. The summed E-state index contributed by atoms with van der Waals surface area (Å²) in [6.45, 7) is 7.74. The van der Waals surface area contributed by atoms with Crippen molar-refractivity contribution < 1.29 is 4.74 Å². The Kier molecular flexibility index (Phi) is 8.01. The average molecular weight is 244 g/mol. The van der Waals surface area contributed by atoms with Gasteiger partial charge in [-0.2, -0.15) is 0 Å². The first kappa shape index (κ1) is 16.9. The first-order valence-electron chi connectivity index (χ1n) is 6.83. The van der Waals surface area contributed by atoms with Gasteiger partial charge in [-0.05, 0) is 46.3 Å². The van der Waals surface area contributed by atoms with Crippen LogP contribution in [0.15, 0.2) is 0 Å². The minimum Gasteiger partial charge on any atom is -0.385 e. The lowest BCUT2D eigenvalue weighted by Gasteiger charge is -2.47. The first-order valence-corrected chi connectivity index (χ1v) is 6.83. The van der Waals surface area contributed by atoms with Crippen LogP contribution >= 0.6 is 0 Å². The largest absolute Gasteiger partial charge is 0.385 e. The summed E-state index contributed by atoms with van der Waals surface area (Å²) in [4.78, 5) is 2.39. The lowest BCUT2D eigenvalue weighted by Crippen LogP contribution is -2.60. The second kappa shape index (κ2) is 8.06. The molecule has 0 aliphatic carbocycles. The van der Waals surface area contributed by atoms with Gasteiger partial charge in [0.1, 0.15) is 0 Å². The Balaban J connectivity index is 4.89. The number of hydrogen-bond acceptors (Lipinski definition) is 3. The van der Waals surface area contributed by atoms with Crippen molar-refractivity contribution in [3.63, 3.8) is 0 Å². The van der Waals surface area contributed by atoms with Gasteiger partial charge in [-0.1, -0.05) is 20.8 Å². The van der Waals surface area contributed by atoms with Gasteiger partial charge in [0, 0.05) is 25.3 Å². The zero-order chi connectivity index (χ0) is 13.5. The molecule has 0 aromatic rings. The van der Waals surface area contributed by atoms with Gasteiger partial charge in [0.25, 0.3) is 0 Å². The van der Waals surface area contributed by atoms with Crippen LogP contribution in [0.5, 0.6) is 0 Å². The molecular formula is C14H32N2O. The maximum absolute atomic E-state index is 5.21. The lowest BCUT2D eigenvalue weighted by atomic mass is 9.76. The summed E-state index contributed by atoms with van der Waals surface area (Å²) in [5, 5.41) is 3.54. The summed E-state index contributed by atoms with van der Waals surface area (Å²) in [6.07, 6.45) is 3.44. The van der Waals surface area contributed by atoms with E-state index >= 15 is 0 Å². The molecule has 0 fully saturated rings. The molecule has 0 aliphatic rings. The van der Waals surface area contributed by atoms with Crippen molar-refractivity contribution in [2.24, 2.45) is 5.92 Å². The Morgan fingerprint density at radius 3 is 2.06 bits per heavy atom. The van der Waals surface area contributed by atoms with Gasteiger partial charge in [0.05, 0.1) is 0 Å². The van der Waals surface area contributed by atoms with E-state index in [-0.39, 0.29) is 5.54 Å². The van der Waals surface area contributed by atoms with E-state index in [4.69, 9.17) is 4.74 Å². The molecular weight excluding hydrogens is 212 g/mol. The van der Waals surface area contributed by atoms with Gasteiger partial charge < -0.3 is 15.0 Å². The average Bonchev–Trinajstić information content (AvgIpc) is 2.32. The highest BCUT2D eigenvalue weighted by molar-refractivity contribution is 4.98. The van der Waals surface area contributed by atoms with Crippen LogP contribution in [-0.2, 0) is 4.74 Å². The normalized spacial score (nSPS) is 16.2. The number of nitrogens with zero attached hydrogens (tertiary/aromatic N) is 1. The topological polar surface area (TPSA) is 24.5 Å². The molecule has 0 spiro atoms. The number of ether oxygens (including phenoxy) is 1. The Bertz CT molecular complexity index is 191. The van der Waals surface area contributed by atoms with Crippen molar-refractivity contribution in [3.8, 4) is 0 Å². The SMILES string of the molecule is CCC(CC)(C(NC)C(C)CCOC)N(C)C. The standard InChI is InChI=1S/C14H32N2O/c1-8-14(9-2,16(5)6)13(15-4)12(3)10-11-17-7/h12-13,15H,8-11H2,1-7H3. The van der Waals surface area contributed by atoms with E-state index in [1.807, 2.05) is 0 Å². The van der Waals surface area contributed by atoms with Crippen molar-refractivity contribution in [1.29, 1.82) is 0 Å². The van der Waals surface area contributed by atoms with Crippen molar-refractivity contribution in [1.82, 2.24) is 10.2 Å². The molecule has 104 valence electrons. The monoisotopic (exact) mass is 244 g/mol. The molecule has 0 amide bonds. The molecule has 3 nitrogen and oxygen atoms in total. The van der Waals surface area contributed by atoms with Crippen LogP contribution in [0, 0.1) is 5.92 Å². The maximum Gasteiger partial charge on any atom is 0.0465 e. The number of nitrogens with one attached hydrogen (secondary N) is 1. The molecule has 0 rings (SSSR count). The Morgan fingerprint density at radius 2 is 1.76 bits per heavy atom. The van der Waals surface area contributed by atoms with Crippen LogP contribution in [0.2, 0.25) is 0 Å². The van der Waals surface area contributed by atoms with E-state index in [1.54, 1.807) is 7.11 Å². The van der Waals surface area contributed by atoms with E-state index in [0.717, 1.165) is 13.0 Å². The van der Waals surface area contributed by atoms with Crippen LogP contribution in [0.3, 0.4) is 0 Å². The van der Waals surface area contributed by atoms with E-state index in [0.29, 0.717) is 12.0 Å². The molecule has 17 heavy (non-hydrogen) atoms. The summed E-state index contributed by atoms with van der Waals surface area (Å²) in [5.41, 5.74) is 0.238. The molecule has 2 atom stereocenters. The maximum atomic E-state index is 5.21. The molecule has 0 saturated carbocycles. The van der Waals surface area contributed by atoms with Gasteiger partial charge in [-0.15, -0.1) is 0 Å². The zero-order valence-corrected chi connectivity index (χ0v) is 12.8. The molecule has 0 saturated heterocycles. The second-order valence-electron chi connectivity index (χ2n) is 5.23. The van der Waals surface area contributed by atoms with E-state index in [9.17, 15) is 0 Å². The van der Waals surface area contributed by atoms with Crippen molar-refractivity contribution >= 4 is 0 Å². The Hall–Kier alpha value is -0.120. The third-order valence-corrected chi connectivity index (χ3v) is 4.35. The summed E-state index contributed by atoms with van der Waals surface area (Å²) in [5.74, 6) is 0.613. The Labute approximate surface area is 108 Å². The third-order valence-electron chi connectivity index (χ3n) is 4.35. The summed E-state index contributed by atoms with van der Waals surface area (Å²) in [6, 6.07) is 0.502. The molecule has 0 aliphatic heterocycles. The smallest absolute Gasteiger partial charge is 0.0465 e. The van der Waals surface area contributed by atoms with Crippen molar-refractivity contribution in [2.45, 2.75) is 51.6 Å². The number of hydrogen-bond donors (Lipinski definition) is 1. The highest BCUT2D eigenvalue weighted by atomic mass is 16.5. The fourth-order valence-electron chi connectivity index (χ4n) is 3.15.